The lowest BCUT2D eigenvalue weighted by atomic mass is 10.1. The van der Waals surface area contributed by atoms with Crippen LogP contribution in [-0.4, -0.2) is 9.91 Å². The summed E-state index contributed by atoms with van der Waals surface area (Å²) in [5.74, 6) is 0.185. The van der Waals surface area contributed by atoms with Crippen molar-refractivity contribution >= 4 is 16.6 Å². The molecule has 6 heteroatoms. The molecule has 0 aliphatic rings. The number of fused-ring (bicyclic) bond motifs is 1. The molecule has 0 bridgehead atoms. The Labute approximate surface area is 131 Å². The largest absolute Gasteiger partial charge is 0.489 e. The van der Waals surface area contributed by atoms with E-state index in [1.807, 2.05) is 0 Å². The van der Waals surface area contributed by atoms with Crippen molar-refractivity contribution in [3.8, 4) is 5.75 Å². The zero-order valence-electron chi connectivity index (χ0n) is 12.3. The number of nitro groups is 1. The molecule has 1 heterocycles. The van der Waals surface area contributed by atoms with E-state index in [1.165, 1.54) is 12.1 Å². The van der Waals surface area contributed by atoms with Gasteiger partial charge >= 0.3 is 0 Å². The molecule has 1 aromatic heterocycles. The van der Waals surface area contributed by atoms with Crippen LogP contribution in [0.2, 0.25) is 0 Å². The zero-order chi connectivity index (χ0) is 16.4. The summed E-state index contributed by atoms with van der Waals surface area (Å²) in [6, 6.07) is 10.9. The molecule has 0 fully saturated rings. The highest BCUT2D eigenvalue weighted by Crippen LogP contribution is 2.25. The lowest BCUT2D eigenvalue weighted by molar-refractivity contribution is -0.385. The van der Waals surface area contributed by atoms with E-state index < -0.39 is 4.92 Å². The van der Waals surface area contributed by atoms with Gasteiger partial charge in [-0.15, -0.1) is 0 Å². The maximum Gasteiger partial charge on any atom is 0.272 e. The predicted octanol–water partition coefficient (Wildman–Crippen LogP) is 4.17. The van der Waals surface area contributed by atoms with E-state index in [1.54, 1.807) is 43.5 Å². The minimum atomic E-state index is -0.434. The van der Waals surface area contributed by atoms with Gasteiger partial charge in [0.1, 0.15) is 18.2 Å². The van der Waals surface area contributed by atoms with E-state index in [0.717, 1.165) is 5.56 Å². The maximum absolute atomic E-state index is 13.8. The molecule has 0 radical (unpaired) electrons. The molecule has 0 aliphatic heterocycles. The smallest absolute Gasteiger partial charge is 0.272 e. The van der Waals surface area contributed by atoms with Crippen LogP contribution in [0.3, 0.4) is 0 Å². The van der Waals surface area contributed by atoms with Gasteiger partial charge in [0.25, 0.3) is 5.69 Å². The number of nitrogens with zero attached hydrogens (tertiary/aromatic N) is 2. The Kier molecular flexibility index (Phi) is 3.89. The number of hydrogen-bond donors (Lipinski definition) is 0. The predicted molar refractivity (Wildman–Crippen MR) is 83.9 cm³/mol. The van der Waals surface area contributed by atoms with Gasteiger partial charge in [0.05, 0.1) is 10.4 Å². The van der Waals surface area contributed by atoms with Crippen molar-refractivity contribution in [1.29, 1.82) is 0 Å². The van der Waals surface area contributed by atoms with Gasteiger partial charge in [-0.2, -0.15) is 0 Å². The molecule has 116 valence electrons. The van der Waals surface area contributed by atoms with Gasteiger partial charge < -0.3 is 4.74 Å². The SMILES string of the molecule is Cc1cc(OCc2ccc(F)c3cccnc23)ccc1[N+](=O)[O-]. The summed E-state index contributed by atoms with van der Waals surface area (Å²) < 4.78 is 19.4. The van der Waals surface area contributed by atoms with Gasteiger partial charge in [0.15, 0.2) is 0 Å². The first-order chi connectivity index (χ1) is 11.1. The number of rotatable bonds is 4. The zero-order valence-corrected chi connectivity index (χ0v) is 12.3. The van der Waals surface area contributed by atoms with Crippen LogP contribution in [0.5, 0.6) is 5.75 Å². The molecule has 3 aromatic rings. The quantitative estimate of drug-likeness (QED) is 0.535. The number of ether oxygens (including phenoxy) is 1. The van der Waals surface area contributed by atoms with Gasteiger partial charge in [-0.1, -0.05) is 6.07 Å². The molecule has 0 saturated heterocycles. The molecular weight excluding hydrogens is 299 g/mol. The lowest BCUT2D eigenvalue weighted by Gasteiger charge is -2.09. The molecule has 0 saturated carbocycles. The summed E-state index contributed by atoms with van der Waals surface area (Å²) in [7, 11) is 0. The average molecular weight is 312 g/mol. The van der Waals surface area contributed by atoms with Gasteiger partial charge in [-0.3, -0.25) is 15.1 Å². The summed E-state index contributed by atoms with van der Waals surface area (Å²) in [6.07, 6.45) is 1.60. The van der Waals surface area contributed by atoms with Crippen molar-refractivity contribution in [2.24, 2.45) is 0 Å². The summed E-state index contributed by atoms with van der Waals surface area (Å²) in [6.45, 7) is 1.85. The third-order valence-corrected chi connectivity index (χ3v) is 3.56. The molecule has 5 nitrogen and oxygen atoms in total. The second-order valence-corrected chi connectivity index (χ2v) is 5.10. The maximum atomic E-state index is 13.8. The fraction of sp³-hybridized carbons (Fsp3) is 0.118. The van der Waals surface area contributed by atoms with Crippen molar-refractivity contribution in [1.82, 2.24) is 4.98 Å². The Morgan fingerprint density at radius 3 is 2.83 bits per heavy atom. The molecule has 3 rings (SSSR count). The van der Waals surface area contributed by atoms with Gasteiger partial charge in [0, 0.05) is 28.8 Å². The number of aryl methyl sites for hydroxylation is 1. The first-order valence-corrected chi connectivity index (χ1v) is 6.96. The fourth-order valence-corrected chi connectivity index (χ4v) is 2.40. The number of hydrogen-bond acceptors (Lipinski definition) is 4. The van der Waals surface area contributed by atoms with Crippen molar-refractivity contribution in [2.45, 2.75) is 13.5 Å². The molecule has 0 atom stereocenters. The number of halogens is 1. The van der Waals surface area contributed by atoms with E-state index in [4.69, 9.17) is 4.74 Å². The van der Waals surface area contributed by atoms with E-state index in [2.05, 4.69) is 4.98 Å². The van der Waals surface area contributed by atoms with Crippen LogP contribution in [0.1, 0.15) is 11.1 Å². The Morgan fingerprint density at radius 2 is 2.09 bits per heavy atom. The number of benzene rings is 2. The number of pyridine rings is 1. The number of nitro benzene ring substituents is 1. The topological polar surface area (TPSA) is 65.3 Å². The molecule has 0 amide bonds. The first-order valence-electron chi connectivity index (χ1n) is 6.96. The van der Waals surface area contributed by atoms with Crippen molar-refractivity contribution < 1.29 is 14.1 Å². The van der Waals surface area contributed by atoms with Crippen molar-refractivity contribution in [2.75, 3.05) is 0 Å². The molecule has 0 N–H and O–H groups in total. The molecule has 23 heavy (non-hydrogen) atoms. The van der Waals surface area contributed by atoms with E-state index in [-0.39, 0.29) is 18.1 Å². The van der Waals surface area contributed by atoms with Crippen LogP contribution in [0, 0.1) is 22.9 Å². The van der Waals surface area contributed by atoms with E-state index in [0.29, 0.717) is 22.2 Å². The highest BCUT2D eigenvalue weighted by atomic mass is 19.1. The van der Waals surface area contributed by atoms with Gasteiger partial charge in [-0.25, -0.2) is 4.39 Å². The monoisotopic (exact) mass is 312 g/mol. The lowest BCUT2D eigenvalue weighted by Crippen LogP contribution is -1.99. The van der Waals surface area contributed by atoms with Crippen molar-refractivity contribution in [3.05, 3.63) is 75.7 Å². The second kappa shape index (κ2) is 6.00. The third kappa shape index (κ3) is 2.96. The van der Waals surface area contributed by atoms with E-state index >= 15 is 0 Å². The summed E-state index contributed by atoms with van der Waals surface area (Å²) in [5.41, 5.74) is 1.87. The Hall–Kier alpha value is -3.02. The Morgan fingerprint density at radius 1 is 1.26 bits per heavy atom. The van der Waals surface area contributed by atoms with Crippen LogP contribution in [-0.2, 0) is 6.61 Å². The molecule has 2 aromatic carbocycles. The Balaban J connectivity index is 1.85. The molecular formula is C17H13FN2O3. The summed E-state index contributed by atoms with van der Waals surface area (Å²) in [4.78, 5) is 14.6. The standard InChI is InChI=1S/C17H13FN2O3/c1-11-9-13(5-7-16(11)20(21)22)23-10-12-4-6-15(18)14-3-2-8-19-17(12)14/h2-9H,10H2,1H3. The summed E-state index contributed by atoms with van der Waals surface area (Å²) in [5, 5.41) is 11.3. The minimum absolute atomic E-state index is 0.0475. The van der Waals surface area contributed by atoms with Crippen LogP contribution in [0.4, 0.5) is 10.1 Å². The summed E-state index contributed by atoms with van der Waals surface area (Å²) >= 11 is 0. The molecule has 0 spiro atoms. The van der Waals surface area contributed by atoms with Crippen molar-refractivity contribution in [3.63, 3.8) is 0 Å². The van der Waals surface area contributed by atoms with Crippen LogP contribution in [0.25, 0.3) is 10.9 Å². The molecule has 0 aliphatic carbocycles. The van der Waals surface area contributed by atoms with Crippen LogP contribution >= 0.6 is 0 Å². The highest BCUT2D eigenvalue weighted by Gasteiger charge is 2.12. The average Bonchev–Trinajstić information content (AvgIpc) is 2.54. The highest BCUT2D eigenvalue weighted by molar-refractivity contribution is 5.82. The first kappa shape index (κ1) is 14.9. The molecule has 0 unspecified atom stereocenters. The second-order valence-electron chi connectivity index (χ2n) is 5.10. The third-order valence-electron chi connectivity index (χ3n) is 3.56. The normalized spacial score (nSPS) is 10.7. The van der Waals surface area contributed by atoms with Crippen LogP contribution in [0.15, 0.2) is 48.7 Å². The van der Waals surface area contributed by atoms with E-state index in [9.17, 15) is 14.5 Å². The number of aromatic nitrogens is 1. The Bertz CT molecular complexity index is 896. The van der Waals surface area contributed by atoms with Gasteiger partial charge in [-0.05, 0) is 37.3 Å². The minimum Gasteiger partial charge on any atom is -0.489 e. The fourth-order valence-electron chi connectivity index (χ4n) is 2.40. The van der Waals surface area contributed by atoms with Gasteiger partial charge in [0.2, 0.25) is 0 Å². The van der Waals surface area contributed by atoms with Crippen LogP contribution < -0.4 is 4.74 Å².